The summed E-state index contributed by atoms with van der Waals surface area (Å²) in [6.07, 6.45) is 6.35. The highest BCUT2D eigenvalue weighted by atomic mass is 16.1. The number of aldehydes is 1. The van der Waals surface area contributed by atoms with Crippen molar-refractivity contribution in [2.75, 3.05) is 0 Å². The summed E-state index contributed by atoms with van der Waals surface area (Å²) in [6.45, 7) is 5.75. The topological polar surface area (TPSA) is 17.1 Å². The van der Waals surface area contributed by atoms with Gasteiger partial charge in [-0.25, -0.2) is 0 Å². The molecule has 0 heterocycles. The Bertz CT molecular complexity index is 151. The molecule has 56 valence electrons. The average molecular weight is 138 g/mol. The van der Waals surface area contributed by atoms with Crippen LogP contribution in [0.5, 0.6) is 0 Å². The standard InChI is InChI=1S/C9H14O/c1-3-8-5-4-6-9(8,2)7-10/h3,7-8H,1,4-6H2,2H3. The first kappa shape index (κ1) is 7.52. The first-order valence-corrected chi connectivity index (χ1v) is 3.82. The molecule has 10 heavy (non-hydrogen) atoms. The molecule has 2 unspecified atom stereocenters. The van der Waals surface area contributed by atoms with Crippen molar-refractivity contribution in [3.8, 4) is 0 Å². The quantitative estimate of drug-likeness (QED) is 0.422. The predicted molar refractivity (Wildman–Crippen MR) is 41.7 cm³/mol. The van der Waals surface area contributed by atoms with E-state index in [-0.39, 0.29) is 5.41 Å². The van der Waals surface area contributed by atoms with Crippen molar-refractivity contribution in [1.82, 2.24) is 0 Å². The van der Waals surface area contributed by atoms with Gasteiger partial charge in [0.05, 0.1) is 0 Å². The van der Waals surface area contributed by atoms with Gasteiger partial charge in [0.1, 0.15) is 6.29 Å². The molecule has 1 fully saturated rings. The van der Waals surface area contributed by atoms with Crippen LogP contribution in [0.3, 0.4) is 0 Å². The predicted octanol–water partition coefficient (Wildman–Crippen LogP) is 2.18. The molecule has 0 N–H and O–H groups in total. The van der Waals surface area contributed by atoms with Crippen molar-refractivity contribution in [3.63, 3.8) is 0 Å². The molecule has 1 rings (SSSR count). The minimum absolute atomic E-state index is 0.0955. The molecule has 0 aromatic carbocycles. The Labute approximate surface area is 62.1 Å². The molecule has 0 bridgehead atoms. The molecule has 1 nitrogen and oxygen atoms in total. The molecule has 0 aromatic heterocycles. The summed E-state index contributed by atoms with van der Waals surface area (Å²) in [4.78, 5) is 10.7. The molecule has 0 amide bonds. The van der Waals surface area contributed by atoms with Gasteiger partial charge in [-0.05, 0) is 18.8 Å². The average Bonchev–Trinajstić information content (AvgIpc) is 2.32. The zero-order valence-corrected chi connectivity index (χ0v) is 6.47. The van der Waals surface area contributed by atoms with E-state index in [0.29, 0.717) is 5.92 Å². The van der Waals surface area contributed by atoms with Gasteiger partial charge < -0.3 is 4.79 Å². The van der Waals surface area contributed by atoms with E-state index in [1.165, 1.54) is 6.42 Å². The fourth-order valence-corrected chi connectivity index (χ4v) is 1.75. The van der Waals surface area contributed by atoms with Crippen LogP contribution in [0.2, 0.25) is 0 Å². The monoisotopic (exact) mass is 138 g/mol. The van der Waals surface area contributed by atoms with Gasteiger partial charge in [0.25, 0.3) is 0 Å². The molecule has 1 heteroatoms. The van der Waals surface area contributed by atoms with Crippen molar-refractivity contribution >= 4 is 6.29 Å². The van der Waals surface area contributed by atoms with Crippen LogP contribution in [-0.2, 0) is 4.79 Å². The van der Waals surface area contributed by atoms with Gasteiger partial charge in [-0.1, -0.05) is 19.4 Å². The minimum Gasteiger partial charge on any atom is -0.303 e. The zero-order valence-electron chi connectivity index (χ0n) is 6.47. The van der Waals surface area contributed by atoms with Crippen molar-refractivity contribution < 1.29 is 4.79 Å². The summed E-state index contributed by atoms with van der Waals surface area (Å²) in [5, 5.41) is 0. The molecular weight excluding hydrogens is 124 g/mol. The third kappa shape index (κ3) is 1.00. The Morgan fingerprint density at radius 3 is 2.80 bits per heavy atom. The summed E-state index contributed by atoms with van der Waals surface area (Å²) in [5.74, 6) is 0.421. The maximum atomic E-state index is 10.7. The third-order valence-corrected chi connectivity index (χ3v) is 2.63. The molecule has 0 radical (unpaired) electrons. The van der Waals surface area contributed by atoms with E-state index in [1.54, 1.807) is 0 Å². The number of hydrogen-bond donors (Lipinski definition) is 0. The maximum Gasteiger partial charge on any atom is 0.126 e. The van der Waals surface area contributed by atoms with E-state index in [1.807, 2.05) is 13.0 Å². The van der Waals surface area contributed by atoms with Crippen LogP contribution in [0.25, 0.3) is 0 Å². The minimum atomic E-state index is -0.0955. The van der Waals surface area contributed by atoms with Crippen molar-refractivity contribution in [1.29, 1.82) is 0 Å². The fourth-order valence-electron chi connectivity index (χ4n) is 1.75. The van der Waals surface area contributed by atoms with Crippen LogP contribution in [0.1, 0.15) is 26.2 Å². The van der Waals surface area contributed by atoms with Gasteiger partial charge >= 0.3 is 0 Å². The Kier molecular flexibility index (Phi) is 1.93. The van der Waals surface area contributed by atoms with E-state index >= 15 is 0 Å². The Balaban J connectivity index is 2.74. The first-order chi connectivity index (χ1) is 4.73. The molecule has 1 saturated carbocycles. The Morgan fingerprint density at radius 2 is 2.40 bits per heavy atom. The van der Waals surface area contributed by atoms with Gasteiger partial charge in [-0.15, -0.1) is 6.58 Å². The van der Waals surface area contributed by atoms with Crippen LogP contribution in [0.15, 0.2) is 12.7 Å². The lowest BCUT2D eigenvalue weighted by molar-refractivity contribution is -0.116. The summed E-state index contributed by atoms with van der Waals surface area (Å²) in [6, 6.07) is 0. The number of rotatable bonds is 2. The van der Waals surface area contributed by atoms with Crippen LogP contribution in [-0.4, -0.2) is 6.29 Å². The molecular formula is C9H14O. The molecule has 1 aliphatic carbocycles. The third-order valence-electron chi connectivity index (χ3n) is 2.63. The van der Waals surface area contributed by atoms with E-state index in [2.05, 4.69) is 6.58 Å². The van der Waals surface area contributed by atoms with Crippen LogP contribution < -0.4 is 0 Å². The van der Waals surface area contributed by atoms with Gasteiger partial charge in [-0.2, -0.15) is 0 Å². The second-order valence-electron chi connectivity index (χ2n) is 3.36. The highest BCUT2D eigenvalue weighted by molar-refractivity contribution is 5.60. The second-order valence-corrected chi connectivity index (χ2v) is 3.36. The van der Waals surface area contributed by atoms with E-state index in [4.69, 9.17) is 0 Å². The van der Waals surface area contributed by atoms with Crippen LogP contribution in [0.4, 0.5) is 0 Å². The summed E-state index contributed by atoms with van der Waals surface area (Å²) < 4.78 is 0. The number of carbonyl (C=O) groups excluding carboxylic acids is 1. The lowest BCUT2D eigenvalue weighted by atomic mass is 9.81. The Morgan fingerprint density at radius 1 is 1.70 bits per heavy atom. The fraction of sp³-hybridized carbons (Fsp3) is 0.667. The normalized spacial score (nSPS) is 39.5. The summed E-state index contributed by atoms with van der Waals surface area (Å²) in [5.41, 5.74) is -0.0955. The SMILES string of the molecule is C=CC1CCCC1(C)C=O. The zero-order chi connectivity index (χ0) is 7.61. The van der Waals surface area contributed by atoms with Gasteiger partial charge in [0.2, 0.25) is 0 Å². The second kappa shape index (κ2) is 2.57. The highest BCUT2D eigenvalue weighted by Crippen LogP contribution is 2.41. The summed E-state index contributed by atoms with van der Waals surface area (Å²) in [7, 11) is 0. The lowest BCUT2D eigenvalue weighted by Gasteiger charge is -2.21. The lowest BCUT2D eigenvalue weighted by Crippen LogP contribution is -2.21. The highest BCUT2D eigenvalue weighted by Gasteiger charge is 2.36. The number of hydrogen-bond acceptors (Lipinski definition) is 1. The molecule has 2 atom stereocenters. The van der Waals surface area contributed by atoms with Crippen molar-refractivity contribution in [3.05, 3.63) is 12.7 Å². The summed E-state index contributed by atoms with van der Waals surface area (Å²) >= 11 is 0. The maximum absolute atomic E-state index is 10.7. The first-order valence-electron chi connectivity index (χ1n) is 3.82. The van der Waals surface area contributed by atoms with E-state index < -0.39 is 0 Å². The molecule has 0 aromatic rings. The Hall–Kier alpha value is -0.590. The molecule has 0 spiro atoms. The molecule has 0 saturated heterocycles. The van der Waals surface area contributed by atoms with E-state index in [9.17, 15) is 4.79 Å². The van der Waals surface area contributed by atoms with Crippen LogP contribution >= 0.6 is 0 Å². The molecule has 0 aliphatic heterocycles. The van der Waals surface area contributed by atoms with Gasteiger partial charge in [0.15, 0.2) is 0 Å². The van der Waals surface area contributed by atoms with Crippen molar-refractivity contribution in [2.24, 2.45) is 11.3 Å². The smallest absolute Gasteiger partial charge is 0.126 e. The van der Waals surface area contributed by atoms with Gasteiger partial charge in [0, 0.05) is 5.41 Å². The number of carbonyl (C=O) groups is 1. The van der Waals surface area contributed by atoms with Gasteiger partial charge in [-0.3, -0.25) is 0 Å². The largest absolute Gasteiger partial charge is 0.303 e. The van der Waals surface area contributed by atoms with E-state index in [0.717, 1.165) is 19.1 Å². The van der Waals surface area contributed by atoms with Crippen LogP contribution in [0, 0.1) is 11.3 Å². The molecule has 1 aliphatic rings. The van der Waals surface area contributed by atoms with Crippen molar-refractivity contribution in [2.45, 2.75) is 26.2 Å². The number of allylic oxidation sites excluding steroid dienone is 1.